The van der Waals surface area contributed by atoms with Crippen LogP contribution in [0.3, 0.4) is 0 Å². The molecule has 8 nitrogen and oxygen atoms in total. The van der Waals surface area contributed by atoms with Gasteiger partial charge in [0.05, 0.1) is 18.4 Å². The summed E-state index contributed by atoms with van der Waals surface area (Å²) in [7, 11) is 1.40. The Morgan fingerprint density at radius 1 is 0.971 bits per heavy atom. The molecule has 1 aliphatic rings. The largest absolute Gasteiger partial charge is 0.493 e. The summed E-state index contributed by atoms with van der Waals surface area (Å²) in [6.45, 7) is 1.83. The van der Waals surface area contributed by atoms with E-state index in [1.807, 2.05) is 13.0 Å². The first kappa shape index (κ1) is 23.9. The third-order valence-corrected chi connectivity index (χ3v) is 5.67. The van der Waals surface area contributed by atoms with Crippen LogP contribution in [-0.4, -0.2) is 30.9 Å². The van der Waals surface area contributed by atoms with Crippen molar-refractivity contribution in [2.24, 2.45) is 0 Å². The lowest BCUT2D eigenvalue weighted by Crippen LogP contribution is -2.54. The Balaban J connectivity index is 1.62. The van der Waals surface area contributed by atoms with Gasteiger partial charge in [-0.1, -0.05) is 34.1 Å². The highest BCUT2D eigenvalue weighted by atomic mass is 79.9. The Bertz CT molecular complexity index is 1380. The molecule has 4 rings (SSSR count). The monoisotopic (exact) mass is 534 g/mol. The molecule has 1 fully saturated rings. The van der Waals surface area contributed by atoms with Crippen LogP contribution in [0.4, 0.5) is 10.5 Å². The fourth-order valence-corrected chi connectivity index (χ4v) is 3.69. The molecule has 1 N–H and O–H groups in total. The van der Waals surface area contributed by atoms with Crippen LogP contribution >= 0.6 is 15.9 Å². The quantitative estimate of drug-likeness (QED) is 0.221. The van der Waals surface area contributed by atoms with Crippen molar-refractivity contribution >= 4 is 51.5 Å². The van der Waals surface area contributed by atoms with Gasteiger partial charge in [-0.3, -0.25) is 14.9 Å². The number of nitrogens with zero attached hydrogens (tertiary/aromatic N) is 1. The van der Waals surface area contributed by atoms with E-state index in [4.69, 9.17) is 9.47 Å². The van der Waals surface area contributed by atoms with Crippen LogP contribution in [0.25, 0.3) is 6.08 Å². The molecular weight excluding hydrogens is 516 g/mol. The lowest BCUT2D eigenvalue weighted by Gasteiger charge is -2.26. The van der Waals surface area contributed by atoms with Gasteiger partial charge < -0.3 is 9.47 Å². The Morgan fingerprint density at radius 3 is 2.40 bits per heavy atom. The zero-order chi connectivity index (χ0) is 25.1. The number of carbonyl (C=O) groups excluding carboxylic acids is 4. The molecule has 9 heteroatoms. The first-order chi connectivity index (χ1) is 16.8. The Hall–Kier alpha value is -4.24. The predicted molar refractivity (Wildman–Crippen MR) is 132 cm³/mol. The summed E-state index contributed by atoms with van der Waals surface area (Å²) in [5.41, 5.74) is 1.75. The molecule has 0 atom stereocenters. The number of rotatable bonds is 5. The summed E-state index contributed by atoms with van der Waals surface area (Å²) >= 11 is 3.31. The normalized spacial score (nSPS) is 14.7. The molecule has 0 bridgehead atoms. The van der Waals surface area contributed by atoms with Crippen LogP contribution in [0.1, 0.15) is 21.5 Å². The van der Waals surface area contributed by atoms with Crippen LogP contribution in [0.15, 0.2) is 76.8 Å². The maximum atomic E-state index is 13.1. The van der Waals surface area contributed by atoms with Crippen molar-refractivity contribution in [1.82, 2.24) is 5.32 Å². The molecule has 35 heavy (non-hydrogen) atoms. The van der Waals surface area contributed by atoms with Crippen molar-refractivity contribution in [2.75, 3.05) is 12.0 Å². The van der Waals surface area contributed by atoms with E-state index in [1.54, 1.807) is 48.5 Å². The summed E-state index contributed by atoms with van der Waals surface area (Å²) in [4.78, 5) is 51.3. The number of aryl methyl sites for hydroxylation is 1. The van der Waals surface area contributed by atoms with Gasteiger partial charge in [0.1, 0.15) is 5.57 Å². The van der Waals surface area contributed by atoms with E-state index in [9.17, 15) is 19.2 Å². The minimum Gasteiger partial charge on any atom is -0.493 e. The van der Waals surface area contributed by atoms with E-state index in [2.05, 4.69) is 21.2 Å². The number of anilines is 1. The molecule has 176 valence electrons. The zero-order valence-electron chi connectivity index (χ0n) is 18.7. The average Bonchev–Trinajstić information content (AvgIpc) is 2.83. The first-order valence-corrected chi connectivity index (χ1v) is 11.2. The van der Waals surface area contributed by atoms with Gasteiger partial charge in [0.15, 0.2) is 11.5 Å². The van der Waals surface area contributed by atoms with Gasteiger partial charge in [0.25, 0.3) is 11.8 Å². The molecule has 3 aromatic carbocycles. The number of amides is 4. The number of barbiturate groups is 1. The number of nitrogens with one attached hydrogen (secondary N) is 1. The van der Waals surface area contributed by atoms with E-state index in [1.165, 1.54) is 25.3 Å². The summed E-state index contributed by atoms with van der Waals surface area (Å²) in [5, 5.41) is 2.19. The summed E-state index contributed by atoms with van der Waals surface area (Å²) in [6.07, 6.45) is 1.34. The average molecular weight is 535 g/mol. The van der Waals surface area contributed by atoms with Crippen LogP contribution in [0.2, 0.25) is 0 Å². The standard InChI is InChI=1S/C26H19BrN2O6/c1-15-4-3-5-19(12-15)29-24(31)20(23(30)28-26(29)33)13-16-6-11-21(22(14-16)34-2)35-25(32)17-7-9-18(27)10-8-17/h3-14H,1-2H3,(H,28,30,33)/b20-13+. The van der Waals surface area contributed by atoms with Gasteiger partial charge in [0, 0.05) is 4.47 Å². The Kier molecular flexibility index (Phi) is 6.79. The first-order valence-electron chi connectivity index (χ1n) is 10.4. The maximum Gasteiger partial charge on any atom is 0.343 e. The Labute approximate surface area is 209 Å². The van der Waals surface area contributed by atoms with Gasteiger partial charge in [-0.05, 0) is 72.7 Å². The SMILES string of the molecule is COc1cc(/C=C2\C(=O)NC(=O)N(c3cccc(C)c3)C2=O)ccc1OC(=O)c1ccc(Br)cc1. The van der Waals surface area contributed by atoms with Gasteiger partial charge in [0.2, 0.25) is 0 Å². The topological polar surface area (TPSA) is 102 Å². The van der Waals surface area contributed by atoms with Crippen molar-refractivity contribution < 1.29 is 28.7 Å². The predicted octanol–water partition coefficient (Wildman–Crippen LogP) is 4.65. The molecule has 4 amide bonds. The van der Waals surface area contributed by atoms with Gasteiger partial charge in [-0.2, -0.15) is 0 Å². The van der Waals surface area contributed by atoms with E-state index >= 15 is 0 Å². The smallest absolute Gasteiger partial charge is 0.343 e. The molecule has 1 aliphatic heterocycles. The number of halogens is 1. The summed E-state index contributed by atoms with van der Waals surface area (Å²) in [6, 6.07) is 17.3. The van der Waals surface area contributed by atoms with E-state index in [0.29, 0.717) is 16.8 Å². The number of esters is 1. The third kappa shape index (κ3) is 5.15. The number of methoxy groups -OCH3 is 1. The fourth-order valence-electron chi connectivity index (χ4n) is 3.43. The molecule has 0 aromatic heterocycles. The maximum absolute atomic E-state index is 13.1. The highest BCUT2D eigenvalue weighted by Crippen LogP contribution is 2.31. The molecule has 0 saturated carbocycles. The summed E-state index contributed by atoms with van der Waals surface area (Å²) < 4.78 is 11.6. The number of ether oxygens (including phenoxy) is 2. The Morgan fingerprint density at radius 2 is 1.71 bits per heavy atom. The minimum atomic E-state index is -0.824. The lowest BCUT2D eigenvalue weighted by atomic mass is 10.1. The van der Waals surface area contributed by atoms with E-state index in [-0.39, 0.29) is 17.1 Å². The molecule has 1 heterocycles. The molecule has 3 aromatic rings. The number of benzene rings is 3. The van der Waals surface area contributed by atoms with E-state index < -0.39 is 23.8 Å². The second-order valence-corrected chi connectivity index (χ2v) is 8.52. The van der Waals surface area contributed by atoms with Gasteiger partial charge >= 0.3 is 12.0 Å². The van der Waals surface area contributed by atoms with Gasteiger partial charge in [-0.25, -0.2) is 14.5 Å². The molecule has 1 saturated heterocycles. The highest BCUT2D eigenvalue weighted by molar-refractivity contribution is 9.10. The van der Waals surface area contributed by atoms with Gasteiger partial charge in [-0.15, -0.1) is 0 Å². The van der Waals surface area contributed by atoms with Crippen LogP contribution in [0.5, 0.6) is 11.5 Å². The van der Waals surface area contributed by atoms with Crippen LogP contribution in [0, 0.1) is 6.92 Å². The van der Waals surface area contributed by atoms with E-state index in [0.717, 1.165) is 14.9 Å². The fraction of sp³-hybridized carbons (Fsp3) is 0.0769. The molecule has 0 aliphatic carbocycles. The number of urea groups is 1. The van der Waals surface area contributed by atoms with Crippen molar-refractivity contribution in [2.45, 2.75) is 6.92 Å². The molecule has 0 radical (unpaired) electrons. The summed E-state index contributed by atoms with van der Waals surface area (Å²) in [5.74, 6) is -1.75. The molecule has 0 spiro atoms. The van der Waals surface area contributed by atoms with Crippen LogP contribution < -0.4 is 19.7 Å². The van der Waals surface area contributed by atoms with Crippen molar-refractivity contribution in [3.05, 3.63) is 93.5 Å². The molecule has 0 unspecified atom stereocenters. The second-order valence-electron chi connectivity index (χ2n) is 7.60. The third-order valence-electron chi connectivity index (χ3n) is 5.14. The number of hydrogen-bond acceptors (Lipinski definition) is 6. The van der Waals surface area contributed by atoms with Crippen LogP contribution in [-0.2, 0) is 9.59 Å². The number of hydrogen-bond donors (Lipinski definition) is 1. The minimum absolute atomic E-state index is 0.165. The highest BCUT2D eigenvalue weighted by Gasteiger charge is 2.36. The molecular formula is C26H19BrN2O6. The number of carbonyl (C=O) groups is 4. The number of imide groups is 2. The van der Waals surface area contributed by atoms with Crippen molar-refractivity contribution in [3.63, 3.8) is 0 Å². The lowest BCUT2D eigenvalue weighted by molar-refractivity contribution is -0.122. The van der Waals surface area contributed by atoms with Crippen molar-refractivity contribution in [3.8, 4) is 11.5 Å². The second kappa shape index (κ2) is 9.94. The zero-order valence-corrected chi connectivity index (χ0v) is 20.3. The van der Waals surface area contributed by atoms with Crippen molar-refractivity contribution in [1.29, 1.82) is 0 Å².